The van der Waals surface area contributed by atoms with Gasteiger partial charge in [0.15, 0.2) is 0 Å². The van der Waals surface area contributed by atoms with Crippen molar-refractivity contribution in [1.82, 2.24) is 20.6 Å². The fourth-order valence-electron chi connectivity index (χ4n) is 3.02. The molecule has 0 fully saturated rings. The molecule has 3 aromatic rings. The predicted octanol–water partition coefficient (Wildman–Crippen LogP) is 3.58. The van der Waals surface area contributed by atoms with E-state index in [9.17, 15) is 9.59 Å². The predicted molar refractivity (Wildman–Crippen MR) is 112 cm³/mol. The second-order valence-corrected chi connectivity index (χ2v) is 7.28. The number of para-hydroxylation sites is 2. The molecule has 152 valence electrons. The molecule has 0 spiro atoms. The third kappa shape index (κ3) is 6.07. The molecule has 2 aromatic heterocycles. The highest BCUT2D eigenvalue weighted by Gasteiger charge is 2.19. The van der Waals surface area contributed by atoms with Crippen LogP contribution in [0.15, 0.2) is 53.2 Å². The van der Waals surface area contributed by atoms with Crippen molar-refractivity contribution < 1.29 is 14.0 Å². The van der Waals surface area contributed by atoms with Gasteiger partial charge in [-0.3, -0.25) is 9.59 Å². The number of fused-ring (bicyclic) bond motifs is 1. The van der Waals surface area contributed by atoms with E-state index in [0.717, 1.165) is 23.3 Å². The summed E-state index contributed by atoms with van der Waals surface area (Å²) in [6.45, 7) is 4.46. The summed E-state index contributed by atoms with van der Waals surface area (Å²) in [6.07, 6.45) is 5.46. The van der Waals surface area contributed by atoms with Crippen LogP contribution in [0.1, 0.15) is 44.3 Å². The van der Waals surface area contributed by atoms with E-state index in [1.54, 1.807) is 18.2 Å². The van der Waals surface area contributed by atoms with Crippen molar-refractivity contribution in [3.63, 3.8) is 0 Å². The van der Waals surface area contributed by atoms with Crippen LogP contribution < -0.4 is 10.6 Å². The van der Waals surface area contributed by atoms with Crippen molar-refractivity contribution in [2.24, 2.45) is 5.92 Å². The van der Waals surface area contributed by atoms with E-state index >= 15 is 0 Å². The third-order valence-electron chi connectivity index (χ3n) is 4.37. The van der Waals surface area contributed by atoms with Crippen molar-refractivity contribution >= 4 is 28.9 Å². The van der Waals surface area contributed by atoms with E-state index in [1.807, 2.05) is 24.3 Å². The molecule has 1 atom stereocenters. The van der Waals surface area contributed by atoms with Gasteiger partial charge in [-0.1, -0.05) is 26.0 Å². The number of carbonyl (C=O) groups excluding carboxylic acids is 2. The van der Waals surface area contributed by atoms with Crippen LogP contribution in [0.5, 0.6) is 0 Å². The number of imidazole rings is 1. The molecule has 2 heterocycles. The van der Waals surface area contributed by atoms with Crippen LogP contribution in [-0.2, 0) is 9.59 Å². The topological polar surface area (TPSA) is 100 Å². The van der Waals surface area contributed by atoms with Crippen LogP contribution in [0, 0.1) is 5.92 Å². The number of benzene rings is 1. The van der Waals surface area contributed by atoms with Gasteiger partial charge in [-0.15, -0.1) is 0 Å². The Labute approximate surface area is 169 Å². The maximum absolute atomic E-state index is 12.4. The minimum atomic E-state index is -0.273. The summed E-state index contributed by atoms with van der Waals surface area (Å²) >= 11 is 0. The third-order valence-corrected chi connectivity index (χ3v) is 4.37. The zero-order valence-corrected chi connectivity index (χ0v) is 16.6. The Morgan fingerprint density at radius 3 is 2.76 bits per heavy atom. The van der Waals surface area contributed by atoms with Gasteiger partial charge in [-0.25, -0.2) is 4.98 Å². The summed E-state index contributed by atoms with van der Waals surface area (Å²) in [7, 11) is 0. The monoisotopic (exact) mass is 394 g/mol. The van der Waals surface area contributed by atoms with Crippen LogP contribution in [0.3, 0.4) is 0 Å². The molecular formula is C22H26N4O3. The zero-order valence-electron chi connectivity index (χ0n) is 16.6. The molecule has 0 radical (unpaired) electrons. The zero-order chi connectivity index (χ0) is 20.6. The number of rotatable bonds is 9. The van der Waals surface area contributed by atoms with Gasteiger partial charge in [-0.2, -0.15) is 0 Å². The molecule has 0 saturated carbocycles. The Morgan fingerprint density at radius 2 is 2.03 bits per heavy atom. The molecule has 0 aliphatic rings. The van der Waals surface area contributed by atoms with E-state index < -0.39 is 0 Å². The number of nitrogens with one attached hydrogen (secondary N) is 3. The largest absolute Gasteiger partial charge is 0.465 e. The van der Waals surface area contributed by atoms with Gasteiger partial charge < -0.3 is 20.0 Å². The average Bonchev–Trinajstić information content (AvgIpc) is 3.35. The molecule has 0 bridgehead atoms. The molecule has 7 nitrogen and oxygen atoms in total. The number of hydrogen-bond donors (Lipinski definition) is 3. The Bertz CT molecular complexity index is 940. The molecule has 0 saturated heterocycles. The lowest BCUT2D eigenvalue weighted by molar-refractivity contribution is -0.122. The van der Waals surface area contributed by atoms with Crippen molar-refractivity contribution in [1.29, 1.82) is 0 Å². The second-order valence-electron chi connectivity index (χ2n) is 7.28. The van der Waals surface area contributed by atoms with Gasteiger partial charge in [0.2, 0.25) is 11.8 Å². The number of carbonyl (C=O) groups is 2. The van der Waals surface area contributed by atoms with Crippen molar-refractivity contribution in [2.45, 2.75) is 32.7 Å². The smallest absolute Gasteiger partial charge is 0.244 e. The van der Waals surface area contributed by atoms with Crippen molar-refractivity contribution in [2.75, 3.05) is 6.54 Å². The van der Waals surface area contributed by atoms with Gasteiger partial charge >= 0.3 is 0 Å². The molecule has 0 aliphatic heterocycles. The highest BCUT2D eigenvalue weighted by molar-refractivity contribution is 5.91. The summed E-state index contributed by atoms with van der Waals surface area (Å²) in [6, 6.07) is 11.1. The summed E-state index contributed by atoms with van der Waals surface area (Å²) in [5, 5.41) is 5.74. The van der Waals surface area contributed by atoms with Crippen LogP contribution >= 0.6 is 0 Å². The molecule has 3 rings (SSSR count). The number of aromatic amines is 1. The standard InChI is InChI=1S/C22H26N4O3/c1-15(2)14-19(22-25-17-7-3-4-8-18(17)26-22)24-21(28)11-12-23-20(27)10-9-16-6-5-13-29-16/h3-10,13,15,19H,11-12,14H2,1-2H3,(H,23,27)(H,24,28)(H,25,26)/b10-9+. The number of aromatic nitrogens is 2. The summed E-state index contributed by atoms with van der Waals surface area (Å²) in [5.41, 5.74) is 1.82. The Balaban J connectivity index is 1.52. The first-order chi connectivity index (χ1) is 14.0. The molecule has 3 N–H and O–H groups in total. The number of hydrogen-bond acceptors (Lipinski definition) is 4. The Hall–Kier alpha value is -3.35. The SMILES string of the molecule is CC(C)CC(NC(=O)CCNC(=O)/C=C/c1ccco1)c1nc2ccccc2[nH]1. The number of furan rings is 1. The first-order valence-corrected chi connectivity index (χ1v) is 9.74. The Morgan fingerprint density at radius 1 is 1.21 bits per heavy atom. The summed E-state index contributed by atoms with van der Waals surface area (Å²) in [4.78, 5) is 32.2. The lowest BCUT2D eigenvalue weighted by Gasteiger charge is -2.18. The van der Waals surface area contributed by atoms with Gasteiger partial charge in [0.05, 0.1) is 23.3 Å². The lowest BCUT2D eigenvalue weighted by Crippen LogP contribution is -2.33. The van der Waals surface area contributed by atoms with Crippen LogP contribution in [-0.4, -0.2) is 28.3 Å². The van der Waals surface area contributed by atoms with Crippen LogP contribution in [0.4, 0.5) is 0 Å². The normalized spacial score (nSPS) is 12.5. The maximum atomic E-state index is 12.4. The first kappa shape index (κ1) is 20.4. The van der Waals surface area contributed by atoms with E-state index in [4.69, 9.17) is 4.42 Å². The van der Waals surface area contributed by atoms with Gasteiger partial charge in [-0.05, 0) is 42.7 Å². The van der Waals surface area contributed by atoms with Crippen LogP contribution in [0.2, 0.25) is 0 Å². The minimum absolute atomic E-state index is 0.133. The maximum Gasteiger partial charge on any atom is 0.244 e. The van der Waals surface area contributed by atoms with Gasteiger partial charge in [0.25, 0.3) is 0 Å². The first-order valence-electron chi connectivity index (χ1n) is 9.74. The lowest BCUT2D eigenvalue weighted by atomic mass is 10.0. The van der Waals surface area contributed by atoms with E-state index in [-0.39, 0.29) is 30.8 Å². The Kier molecular flexibility index (Phi) is 6.84. The van der Waals surface area contributed by atoms with Crippen molar-refractivity contribution in [3.05, 3.63) is 60.3 Å². The fourth-order valence-corrected chi connectivity index (χ4v) is 3.02. The fraction of sp³-hybridized carbons (Fsp3) is 0.318. The second kappa shape index (κ2) is 9.73. The average molecular weight is 394 g/mol. The molecular weight excluding hydrogens is 368 g/mol. The minimum Gasteiger partial charge on any atom is -0.465 e. The number of H-pyrrole nitrogens is 1. The van der Waals surface area contributed by atoms with E-state index in [1.165, 1.54) is 12.3 Å². The number of amides is 2. The van der Waals surface area contributed by atoms with E-state index in [2.05, 4.69) is 34.4 Å². The highest BCUT2D eigenvalue weighted by Crippen LogP contribution is 2.22. The molecule has 0 aliphatic carbocycles. The molecule has 29 heavy (non-hydrogen) atoms. The highest BCUT2D eigenvalue weighted by atomic mass is 16.3. The van der Waals surface area contributed by atoms with Gasteiger partial charge in [0, 0.05) is 19.0 Å². The molecule has 7 heteroatoms. The summed E-state index contributed by atoms with van der Waals surface area (Å²) < 4.78 is 5.13. The molecule has 2 amide bonds. The number of nitrogens with zero attached hydrogens (tertiary/aromatic N) is 1. The van der Waals surface area contributed by atoms with E-state index in [0.29, 0.717) is 11.7 Å². The molecule has 1 unspecified atom stereocenters. The quantitative estimate of drug-likeness (QED) is 0.483. The van der Waals surface area contributed by atoms with Crippen LogP contribution in [0.25, 0.3) is 17.1 Å². The van der Waals surface area contributed by atoms with Crippen molar-refractivity contribution in [3.8, 4) is 0 Å². The summed E-state index contributed by atoms with van der Waals surface area (Å²) in [5.74, 6) is 1.33. The van der Waals surface area contributed by atoms with Gasteiger partial charge in [0.1, 0.15) is 11.6 Å². The molecule has 1 aromatic carbocycles.